The molecular weight excluding hydrogens is 387 g/mol. The van der Waals surface area contributed by atoms with Gasteiger partial charge >= 0.3 is 5.69 Å². The van der Waals surface area contributed by atoms with Gasteiger partial charge in [-0.15, -0.1) is 0 Å². The summed E-state index contributed by atoms with van der Waals surface area (Å²) in [7, 11) is 0. The Kier molecular flexibility index (Phi) is 5.21. The molecule has 0 bridgehead atoms. The zero-order chi connectivity index (χ0) is 21.1. The van der Waals surface area contributed by atoms with Crippen LogP contribution in [0.2, 0.25) is 0 Å². The topological polar surface area (TPSA) is 86.0 Å². The molecule has 1 amide bonds. The van der Waals surface area contributed by atoms with E-state index in [2.05, 4.69) is 10.3 Å². The lowest BCUT2D eigenvalue weighted by Gasteiger charge is -2.14. The number of fused-ring (bicyclic) bond motifs is 1. The predicted octanol–water partition coefficient (Wildman–Crippen LogP) is 2.38. The standard InChI is InChI=1S/C22H17FN4O3/c23-16-10-8-15(9-11-16)13-27-21(29)20-18(7-4-12-24-20)26(22(27)30)14-19(28)25-17-5-2-1-3-6-17/h1-12H,13-14H2,(H,25,28). The number of carbonyl (C=O) groups is 1. The summed E-state index contributed by atoms with van der Waals surface area (Å²) in [5, 5.41) is 2.72. The normalized spacial score (nSPS) is 10.8. The SMILES string of the molecule is O=C(Cn1c(=O)n(Cc2ccc(F)cc2)c(=O)c2ncccc21)Nc1ccccc1. The van der Waals surface area contributed by atoms with E-state index in [0.29, 0.717) is 11.3 Å². The van der Waals surface area contributed by atoms with E-state index in [9.17, 15) is 18.8 Å². The van der Waals surface area contributed by atoms with Crippen LogP contribution in [-0.4, -0.2) is 20.0 Å². The molecule has 150 valence electrons. The van der Waals surface area contributed by atoms with Crippen LogP contribution < -0.4 is 16.6 Å². The molecule has 0 aliphatic heterocycles. The number of pyridine rings is 1. The number of nitrogens with zero attached hydrogens (tertiary/aromatic N) is 3. The number of para-hydroxylation sites is 1. The number of rotatable bonds is 5. The van der Waals surface area contributed by atoms with Gasteiger partial charge in [-0.05, 0) is 42.0 Å². The quantitative estimate of drug-likeness (QED) is 0.553. The molecular formula is C22H17FN4O3. The second-order valence-electron chi connectivity index (χ2n) is 6.67. The van der Waals surface area contributed by atoms with Crippen LogP contribution in [0.3, 0.4) is 0 Å². The molecule has 0 atom stereocenters. The second kappa shape index (κ2) is 8.12. The first-order valence-electron chi connectivity index (χ1n) is 9.20. The zero-order valence-electron chi connectivity index (χ0n) is 15.8. The summed E-state index contributed by atoms with van der Waals surface area (Å²) < 4.78 is 15.4. The van der Waals surface area contributed by atoms with Crippen molar-refractivity contribution in [1.82, 2.24) is 14.1 Å². The Morgan fingerprint density at radius 1 is 0.933 bits per heavy atom. The van der Waals surface area contributed by atoms with Gasteiger partial charge in [-0.3, -0.25) is 18.7 Å². The van der Waals surface area contributed by atoms with Gasteiger partial charge < -0.3 is 5.32 Å². The molecule has 2 heterocycles. The summed E-state index contributed by atoms with van der Waals surface area (Å²) >= 11 is 0. The molecule has 30 heavy (non-hydrogen) atoms. The second-order valence-corrected chi connectivity index (χ2v) is 6.67. The third kappa shape index (κ3) is 3.88. The van der Waals surface area contributed by atoms with Gasteiger partial charge in [0.15, 0.2) is 5.52 Å². The molecule has 0 aliphatic carbocycles. The van der Waals surface area contributed by atoms with E-state index >= 15 is 0 Å². The minimum absolute atomic E-state index is 0.0647. The van der Waals surface area contributed by atoms with Crippen LogP contribution in [0.25, 0.3) is 11.0 Å². The van der Waals surface area contributed by atoms with Crippen LogP contribution in [0.5, 0.6) is 0 Å². The Balaban J connectivity index is 1.76. The van der Waals surface area contributed by atoms with Gasteiger partial charge in [0.25, 0.3) is 5.56 Å². The van der Waals surface area contributed by atoms with Crippen LogP contribution in [0.1, 0.15) is 5.56 Å². The molecule has 0 unspecified atom stereocenters. The number of nitrogens with one attached hydrogen (secondary N) is 1. The summed E-state index contributed by atoms with van der Waals surface area (Å²) in [5.41, 5.74) is 0.300. The van der Waals surface area contributed by atoms with Crippen molar-refractivity contribution < 1.29 is 9.18 Å². The number of amides is 1. The number of aromatic nitrogens is 3. The van der Waals surface area contributed by atoms with Crippen LogP contribution in [0, 0.1) is 5.82 Å². The highest BCUT2D eigenvalue weighted by molar-refractivity contribution is 5.91. The molecule has 1 N–H and O–H groups in total. The number of hydrogen-bond donors (Lipinski definition) is 1. The molecule has 2 aromatic carbocycles. The van der Waals surface area contributed by atoms with Gasteiger partial charge in [-0.2, -0.15) is 0 Å². The van der Waals surface area contributed by atoms with Gasteiger partial charge in [0, 0.05) is 11.9 Å². The van der Waals surface area contributed by atoms with Crippen molar-refractivity contribution in [3.63, 3.8) is 0 Å². The lowest BCUT2D eigenvalue weighted by molar-refractivity contribution is -0.116. The van der Waals surface area contributed by atoms with Gasteiger partial charge in [0.2, 0.25) is 5.91 Å². The molecule has 0 aliphatic rings. The van der Waals surface area contributed by atoms with Crippen molar-refractivity contribution in [3.8, 4) is 0 Å². The molecule has 0 radical (unpaired) electrons. The van der Waals surface area contributed by atoms with E-state index in [4.69, 9.17) is 0 Å². The predicted molar refractivity (Wildman–Crippen MR) is 111 cm³/mol. The Labute approximate surface area is 170 Å². The molecule has 0 spiro atoms. The maximum Gasteiger partial charge on any atom is 0.332 e. The monoisotopic (exact) mass is 404 g/mol. The van der Waals surface area contributed by atoms with Crippen LogP contribution in [0.4, 0.5) is 10.1 Å². The molecule has 4 aromatic rings. The minimum atomic E-state index is -0.645. The van der Waals surface area contributed by atoms with E-state index in [0.717, 1.165) is 4.57 Å². The summed E-state index contributed by atoms with van der Waals surface area (Å²) in [5.74, 6) is -0.832. The fraction of sp³-hybridized carbons (Fsp3) is 0.0909. The smallest absolute Gasteiger partial charge is 0.325 e. The number of carbonyl (C=O) groups excluding carboxylic acids is 1. The van der Waals surface area contributed by atoms with Crippen molar-refractivity contribution in [2.24, 2.45) is 0 Å². The maximum atomic E-state index is 13.2. The summed E-state index contributed by atoms with van der Waals surface area (Å²) in [6, 6.07) is 17.5. The van der Waals surface area contributed by atoms with Crippen LogP contribution in [-0.2, 0) is 17.9 Å². The van der Waals surface area contributed by atoms with Crippen molar-refractivity contribution in [3.05, 3.63) is 105 Å². The average Bonchev–Trinajstić information content (AvgIpc) is 2.76. The highest BCUT2D eigenvalue weighted by atomic mass is 19.1. The first-order valence-corrected chi connectivity index (χ1v) is 9.20. The molecule has 0 saturated heterocycles. The first-order chi connectivity index (χ1) is 14.5. The lowest BCUT2D eigenvalue weighted by atomic mass is 10.2. The van der Waals surface area contributed by atoms with E-state index in [1.54, 1.807) is 36.4 Å². The third-order valence-corrected chi connectivity index (χ3v) is 4.60. The lowest BCUT2D eigenvalue weighted by Crippen LogP contribution is -2.42. The Morgan fingerprint density at radius 3 is 2.40 bits per heavy atom. The van der Waals surface area contributed by atoms with Crippen molar-refractivity contribution in [2.75, 3.05) is 5.32 Å². The van der Waals surface area contributed by atoms with Gasteiger partial charge in [-0.25, -0.2) is 14.2 Å². The van der Waals surface area contributed by atoms with E-state index in [1.807, 2.05) is 6.07 Å². The molecule has 0 saturated carbocycles. The summed E-state index contributed by atoms with van der Waals surface area (Å²) in [6.45, 7) is -0.357. The molecule has 2 aromatic heterocycles. The zero-order valence-corrected chi connectivity index (χ0v) is 15.8. The highest BCUT2D eigenvalue weighted by Gasteiger charge is 2.16. The maximum absolute atomic E-state index is 13.2. The third-order valence-electron chi connectivity index (χ3n) is 4.60. The number of anilines is 1. The largest absolute Gasteiger partial charge is 0.332 e. The first kappa shape index (κ1) is 19.3. The van der Waals surface area contributed by atoms with Crippen LogP contribution in [0.15, 0.2) is 82.5 Å². The van der Waals surface area contributed by atoms with Gasteiger partial charge in [0.1, 0.15) is 12.4 Å². The van der Waals surface area contributed by atoms with E-state index in [-0.39, 0.29) is 24.1 Å². The molecule has 7 nitrogen and oxygen atoms in total. The average molecular weight is 404 g/mol. The highest BCUT2D eigenvalue weighted by Crippen LogP contribution is 2.09. The van der Waals surface area contributed by atoms with Gasteiger partial charge in [-0.1, -0.05) is 30.3 Å². The van der Waals surface area contributed by atoms with Crippen molar-refractivity contribution in [2.45, 2.75) is 13.1 Å². The summed E-state index contributed by atoms with van der Waals surface area (Å²) in [4.78, 5) is 42.6. The van der Waals surface area contributed by atoms with Crippen molar-refractivity contribution >= 4 is 22.6 Å². The number of hydrogen-bond acceptors (Lipinski definition) is 4. The molecule has 8 heteroatoms. The van der Waals surface area contributed by atoms with Crippen LogP contribution >= 0.6 is 0 Å². The molecule has 4 rings (SSSR count). The fourth-order valence-electron chi connectivity index (χ4n) is 3.17. The van der Waals surface area contributed by atoms with Gasteiger partial charge in [0.05, 0.1) is 12.1 Å². The Hall–Kier alpha value is -4.07. The Bertz CT molecular complexity index is 1330. The van der Waals surface area contributed by atoms with E-state index in [1.165, 1.54) is 35.0 Å². The number of benzene rings is 2. The minimum Gasteiger partial charge on any atom is -0.325 e. The van der Waals surface area contributed by atoms with Crippen molar-refractivity contribution in [1.29, 1.82) is 0 Å². The fourth-order valence-corrected chi connectivity index (χ4v) is 3.17. The number of halogens is 1. The Morgan fingerprint density at radius 2 is 1.67 bits per heavy atom. The summed E-state index contributed by atoms with van der Waals surface area (Å²) in [6.07, 6.45) is 1.45. The van der Waals surface area contributed by atoms with E-state index < -0.39 is 23.0 Å². The molecule has 0 fully saturated rings.